The third kappa shape index (κ3) is 2.98. The normalized spacial score (nSPS) is 10.7. The molecule has 1 aromatic carbocycles. The molecule has 1 N–H and O–H groups in total. The van der Waals surface area contributed by atoms with E-state index in [0.717, 1.165) is 23.4 Å². The number of hydrogen-bond donors (Lipinski definition) is 1. The third-order valence-electron chi connectivity index (χ3n) is 2.74. The summed E-state index contributed by atoms with van der Waals surface area (Å²) in [6.45, 7) is 5.54. The number of anilines is 1. The molecule has 0 fully saturated rings. The lowest BCUT2D eigenvalue weighted by molar-refractivity contribution is 0.659. The molecule has 96 valence electrons. The van der Waals surface area contributed by atoms with Crippen LogP contribution < -0.4 is 5.32 Å². The van der Waals surface area contributed by atoms with E-state index in [1.807, 2.05) is 36.1 Å². The first-order chi connectivity index (χ1) is 8.60. The maximum absolute atomic E-state index is 6.16. The number of aryl methyl sites for hydroxylation is 2. The predicted octanol–water partition coefficient (Wildman–Crippen LogP) is 4.13. The van der Waals surface area contributed by atoms with Gasteiger partial charge in [-0.05, 0) is 31.5 Å². The molecule has 0 atom stereocenters. The molecule has 5 heteroatoms. The second kappa shape index (κ2) is 5.63. The number of benzene rings is 1. The first-order valence-electron chi connectivity index (χ1n) is 5.81. The number of aromatic nitrogens is 2. The van der Waals surface area contributed by atoms with Crippen LogP contribution in [-0.2, 0) is 13.1 Å². The maximum Gasteiger partial charge on any atom is 0.0641 e. The number of rotatable bonds is 4. The SMILES string of the molecule is CCn1cc(CNc2cc(Cl)c(C)cc2Cl)cn1. The van der Waals surface area contributed by atoms with E-state index >= 15 is 0 Å². The summed E-state index contributed by atoms with van der Waals surface area (Å²) in [7, 11) is 0. The van der Waals surface area contributed by atoms with Crippen LogP contribution in [0.5, 0.6) is 0 Å². The van der Waals surface area contributed by atoms with Crippen LogP contribution in [0.3, 0.4) is 0 Å². The van der Waals surface area contributed by atoms with Gasteiger partial charge in [0, 0.05) is 29.9 Å². The van der Waals surface area contributed by atoms with Crippen molar-refractivity contribution < 1.29 is 0 Å². The van der Waals surface area contributed by atoms with E-state index in [4.69, 9.17) is 23.2 Å². The molecule has 2 rings (SSSR count). The zero-order chi connectivity index (χ0) is 13.1. The van der Waals surface area contributed by atoms with Crippen LogP contribution in [0.15, 0.2) is 24.5 Å². The van der Waals surface area contributed by atoms with Gasteiger partial charge in [-0.1, -0.05) is 23.2 Å². The molecule has 0 bridgehead atoms. The summed E-state index contributed by atoms with van der Waals surface area (Å²) in [5.41, 5.74) is 2.94. The van der Waals surface area contributed by atoms with Crippen molar-refractivity contribution in [3.8, 4) is 0 Å². The fourth-order valence-electron chi connectivity index (χ4n) is 1.65. The van der Waals surface area contributed by atoms with Gasteiger partial charge in [0.15, 0.2) is 0 Å². The van der Waals surface area contributed by atoms with Crippen molar-refractivity contribution >= 4 is 28.9 Å². The minimum absolute atomic E-state index is 0.680. The summed E-state index contributed by atoms with van der Waals surface area (Å²) < 4.78 is 1.89. The molecule has 3 nitrogen and oxygen atoms in total. The van der Waals surface area contributed by atoms with Crippen LogP contribution >= 0.6 is 23.2 Å². The highest BCUT2D eigenvalue weighted by atomic mass is 35.5. The Hall–Kier alpha value is -1.19. The first-order valence-corrected chi connectivity index (χ1v) is 6.56. The average Bonchev–Trinajstić information content (AvgIpc) is 2.80. The van der Waals surface area contributed by atoms with Gasteiger partial charge in [0.05, 0.1) is 16.9 Å². The Kier molecular flexibility index (Phi) is 4.15. The number of halogens is 2. The molecule has 1 heterocycles. The summed E-state index contributed by atoms with van der Waals surface area (Å²) in [5, 5.41) is 8.88. The highest BCUT2D eigenvalue weighted by molar-refractivity contribution is 6.35. The summed E-state index contributed by atoms with van der Waals surface area (Å²) >= 11 is 12.2. The minimum Gasteiger partial charge on any atom is -0.380 e. The van der Waals surface area contributed by atoms with Crippen molar-refractivity contribution in [3.05, 3.63) is 45.7 Å². The van der Waals surface area contributed by atoms with Crippen LogP contribution in [0.1, 0.15) is 18.1 Å². The van der Waals surface area contributed by atoms with Crippen molar-refractivity contribution in [3.63, 3.8) is 0 Å². The Balaban J connectivity index is 2.08. The van der Waals surface area contributed by atoms with Crippen LogP contribution in [0, 0.1) is 6.92 Å². The molecule has 1 aromatic heterocycles. The van der Waals surface area contributed by atoms with Gasteiger partial charge < -0.3 is 5.32 Å². The maximum atomic E-state index is 6.16. The van der Waals surface area contributed by atoms with Crippen LogP contribution in [-0.4, -0.2) is 9.78 Å². The van der Waals surface area contributed by atoms with Crippen molar-refractivity contribution in [2.45, 2.75) is 26.9 Å². The predicted molar refractivity (Wildman–Crippen MR) is 76.4 cm³/mol. The molecule has 2 aromatic rings. The molecule has 0 aliphatic heterocycles. The van der Waals surface area contributed by atoms with Gasteiger partial charge in [-0.25, -0.2) is 0 Å². The average molecular weight is 284 g/mol. The van der Waals surface area contributed by atoms with Gasteiger partial charge >= 0.3 is 0 Å². The lowest BCUT2D eigenvalue weighted by Crippen LogP contribution is -1.99. The summed E-state index contributed by atoms with van der Waals surface area (Å²) in [5.74, 6) is 0. The van der Waals surface area contributed by atoms with E-state index in [2.05, 4.69) is 17.3 Å². The highest BCUT2D eigenvalue weighted by Gasteiger charge is 2.05. The largest absolute Gasteiger partial charge is 0.380 e. The Morgan fingerprint density at radius 2 is 2.06 bits per heavy atom. The molecule has 0 amide bonds. The second-order valence-electron chi connectivity index (χ2n) is 4.14. The highest BCUT2D eigenvalue weighted by Crippen LogP contribution is 2.29. The summed E-state index contributed by atoms with van der Waals surface area (Å²) in [6, 6.07) is 3.71. The topological polar surface area (TPSA) is 29.9 Å². The molecule has 0 aliphatic carbocycles. The van der Waals surface area contributed by atoms with E-state index in [9.17, 15) is 0 Å². The van der Waals surface area contributed by atoms with Gasteiger partial charge in [-0.2, -0.15) is 5.10 Å². The zero-order valence-corrected chi connectivity index (χ0v) is 11.9. The Bertz CT molecular complexity index is 549. The molecule has 18 heavy (non-hydrogen) atoms. The Morgan fingerprint density at radius 3 is 2.72 bits per heavy atom. The van der Waals surface area contributed by atoms with Crippen molar-refractivity contribution in [2.24, 2.45) is 0 Å². The minimum atomic E-state index is 0.680. The monoisotopic (exact) mass is 283 g/mol. The Labute approximate surface area is 117 Å². The summed E-state index contributed by atoms with van der Waals surface area (Å²) in [6.07, 6.45) is 3.86. The fourth-order valence-corrected chi connectivity index (χ4v) is 2.10. The van der Waals surface area contributed by atoms with E-state index in [1.54, 1.807) is 0 Å². The van der Waals surface area contributed by atoms with Gasteiger partial charge in [0.1, 0.15) is 0 Å². The van der Waals surface area contributed by atoms with Crippen molar-refractivity contribution in [1.82, 2.24) is 9.78 Å². The van der Waals surface area contributed by atoms with Crippen LogP contribution in [0.4, 0.5) is 5.69 Å². The molecule has 0 aliphatic rings. The molecule has 0 spiro atoms. The first kappa shape index (κ1) is 13.2. The van der Waals surface area contributed by atoms with E-state index < -0.39 is 0 Å². The van der Waals surface area contributed by atoms with Crippen molar-refractivity contribution in [2.75, 3.05) is 5.32 Å². The fraction of sp³-hybridized carbons (Fsp3) is 0.308. The smallest absolute Gasteiger partial charge is 0.0641 e. The lowest BCUT2D eigenvalue weighted by atomic mass is 10.2. The van der Waals surface area contributed by atoms with Gasteiger partial charge in [0.25, 0.3) is 0 Å². The van der Waals surface area contributed by atoms with Crippen molar-refractivity contribution in [1.29, 1.82) is 0 Å². The molecule has 0 unspecified atom stereocenters. The molecule has 0 radical (unpaired) electrons. The molecule has 0 saturated heterocycles. The van der Waals surface area contributed by atoms with E-state index in [-0.39, 0.29) is 0 Å². The van der Waals surface area contributed by atoms with E-state index in [0.29, 0.717) is 16.6 Å². The van der Waals surface area contributed by atoms with Gasteiger partial charge in [0.2, 0.25) is 0 Å². The Morgan fingerprint density at radius 1 is 1.28 bits per heavy atom. The standard InChI is InChI=1S/C13H15Cl2N3/c1-3-18-8-10(7-17-18)6-16-13-5-11(14)9(2)4-12(13)15/h4-5,7-8,16H,3,6H2,1-2H3. The van der Waals surface area contributed by atoms with Gasteiger partial charge in [-0.3, -0.25) is 4.68 Å². The number of nitrogens with zero attached hydrogens (tertiary/aromatic N) is 2. The summed E-state index contributed by atoms with van der Waals surface area (Å²) in [4.78, 5) is 0. The van der Waals surface area contributed by atoms with Crippen LogP contribution in [0.2, 0.25) is 10.0 Å². The quantitative estimate of drug-likeness (QED) is 0.914. The zero-order valence-electron chi connectivity index (χ0n) is 10.4. The van der Waals surface area contributed by atoms with Crippen LogP contribution in [0.25, 0.3) is 0 Å². The number of hydrogen-bond acceptors (Lipinski definition) is 2. The molecular formula is C13H15Cl2N3. The molecule has 0 saturated carbocycles. The molecular weight excluding hydrogens is 269 g/mol. The van der Waals surface area contributed by atoms with E-state index in [1.165, 1.54) is 0 Å². The third-order valence-corrected chi connectivity index (χ3v) is 3.46. The second-order valence-corrected chi connectivity index (χ2v) is 4.95. The van der Waals surface area contributed by atoms with Gasteiger partial charge in [-0.15, -0.1) is 0 Å². The lowest BCUT2D eigenvalue weighted by Gasteiger charge is -2.09. The number of nitrogens with one attached hydrogen (secondary N) is 1.